The molecule has 0 spiro atoms. The van der Waals surface area contributed by atoms with Crippen molar-refractivity contribution in [3.05, 3.63) is 35.6 Å². The molecule has 1 fully saturated rings. The van der Waals surface area contributed by atoms with Gasteiger partial charge < -0.3 is 9.64 Å². The van der Waals surface area contributed by atoms with Crippen molar-refractivity contribution in [1.82, 2.24) is 10.2 Å². The van der Waals surface area contributed by atoms with Gasteiger partial charge in [-0.3, -0.25) is 10.1 Å². The Morgan fingerprint density at radius 2 is 2.15 bits per heavy atom. The number of carbonyl (C=O) groups is 1. The van der Waals surface area contributed by atoms with Gasteiger partial charge in [-0.25, -0.2) is 4.39 Å². The molecule has 20 heavy (non-hydrogen) atoms. The molecule has 0 radical (unpaired) electrons. The molecule has 1 saturated heterocycles. The van der Waals surface area contributed by atoms with E-state index >= 15 is 0 Å². The van der Waals surface area contributed by atoms with Crippen LogP contribution in [0, 0.1) is 5.82 Å². The molecule has 1 heterocycles. The third-order valence-electron chi connectivity index (χ3n) is 3.55. The van der Waals surface area contributed by atoms with Crippen LogP contribution in [-0.2, 0) is 9.53 Å². The summed E-state index contributed by atoms with van der Waals surface area (Å²) in [6.45, 7) is 6.67. The summed E-state index contributed by atoms with van der Waals surface area (Å²) in [7, 11) is 0. The smallest absolute Gasteiger partial charge is 0.241 e. The van der Waals surface area contributed by atoms with Crippen molar-refractivity contribution in [3.63, 3.8) is 0 Å². The zero-order chi connectivity index (χ0) is 14.7. The van der Waals surface area contributed by atoms with Crippen LogP contribution in [0.25, 0.3) is 0 Å². The highest BCUT2D eigenvalue weighted by Crippen LogP contribution is 2.29. The topological polar surface area (TPSA) is 41.6 Å². The first-order valence-electron chi connectivity index (χ1n) is 6.96. The van der Waals surface area contributed by atoms with Crippen molar-refractivity contribution in [1.29, 1.82) is 0 Å². The van der Waals surface area contributed by atoms with Gasteiger partial charge in [0.25, 0.3) is 0 Å². The zero-order valence-electron chi connectivity index (χ0n) is 12.1. The van der Waals surface area contributed by atoms with Gasteiger partial charge >= 0.3 is 0 Å². The van der Waals surface area contributed by atoms with Crippen LogP contribution in [-0.4, -0.2) is 36.1 Å². The number of carbonyl (C=O) groups excluding carboxylic acids is 1. The van der Waals surface area contributed by atoms with Crippen LogP contribution in [0.2, 0.25) is 0 Å². The number of halogens is 1. The molecule has 0 aliphatic carbocycles. The average molecular weight is 280 g/mol. The molecule has 5 heteroatoms. The Labute approximate surface area is 118 Å². The first-order valence-corrected chi connectivity index (χ1v) is 6.96. The van der Waals surface area contributed by atoms with E-state index in [-0.39, 0.29) is 23.8 Å². The van der Waals surface area contributed by atoms with Crippen LogP contribution in [0.4, 0.5) is 4.39 Å². The van der Waals surface area contributed by atoms with Crippen LogP contribution in [0.15, 0.2) is 24.3 Å². The maximum atomic E-state index is 14.0. The van der Waals surface area contributed by atoms with Crippen LogP contribution in [0.1, 0.15) is 32.5 Å². The third-order valence-corrected chi connectivity index (χ3v) is 3.55. The Morgan fingerprint density at radius 1 is 1.45 bits per heavy atom. The number of hydrogen-bond donors (Lipinski definition) is 1. The number of nitrogens with zero attached hydrogens (tertiary/aromatic N) is 1. The van der Waals surface area contributed by atoms with Crippen molar-refractivity contribution in [2.45, 2.75) is 39.0 Å². The van der Waals surface area contributed by atoms with Crippen molar-refractivity contribution < 1.29 is 13.9 Å². The minimum Gasteiger partial charge on any atom is -0.380 e. The molecule has 1 amide bonds. The molecule has 1 N–H and O–H groups in total. The number of rotatable bonds is 5. The van der Waals surface area contributed by atoms with Crippen LogP contribution in [0.3, 0.4) is 0 Å². The second-order valence-electron chi connectivity index (χ2n) is 5.07. The Kier molecular flexibility index (Phi) is 4.73. The summed E-state index contributed by atoms with van der Waals surface area (Å²) in [4.78, 5) is 14.0. The van der Waals surface area contributed by atoms with E-state index in [0.717, 1.165) is 0 Å². The third kappa shape index (κ3) is 2.83. The highest BCUT2D eigenvalue weighted by molar-refractivity contribution is 5.84. The summed E-state index contributed by atoms with van der Waals surface area (Å²) in [5, 5.41) is 3.15. The lowest BCUT2D eigenvalue weighted by Crippen LogP contribution is -2.41. The van der Waals surface area contributed by atoms with Gasteiger partial charge in [0.15, 0.2) is 0 Å². The Bertz CT molecular complexity index is 481. The SMILES string of the molecule is CCOCC(C)N1C(=O)C(C)NC1c1ccccc1F. The molecule has 1 aliphatic rings. The Balaban J connectivity index is 2.26. The van der Waals surface area contributed by atoms with E-state index in [1.165, 1.54) is 6.07 Å². The minimum absolute atomic E-state index is 0.0227. The van der Waals surface area contributed by atoms with E-state index < -0.39 is 6.17 Å². The number of benzene rings is 1. The lowest BCUT2D eigenvalue weighted by molar-refractivity contribution is -0.133. The Morgan fingerprint density at radius 3 is 2.80 bits per heavy atom. The van der Waals surface area contributed by atoms with E-state index in [1.807, 2.05) is 13.8 Å². The second-order valence-corrected chi connectivity index (χ2v) is 5.07. The molecule has 0 bridgehead atoms. The summed E-state index contributed by atoms with van der Waals surface area (Å²) >= 11 is 0. The van der Waals surface area contributed by atoms with Gasteiger partial charge in [0.05, 0.1) is 18.7 Å². The fourth-order valence-electron chi connectivity index (χ4n) is 2.52. The highest BCUT2D eigenvalue weighted by Gasteiger charge is 2.40. The molecule has 110 valence electrons. The Hall–Kier alpha value is -1.46. The maximum absolute atomic E-state index is 14.0. The summed E-state index contributed by atoms with van der Waals surface area (Å²) in [6, 6.07) is 6.12. The van der Waals surface area contributed by atoms with Crippen molar-refractivity contribution in [2.75, 3.05) is 13.2 Å². The summed E-state index contributed by atoms with van der Waals surface area (Å²) in [6.07, 6.45) is -0.436. The van der Waals surface area contributed by atoms with Crippen LogP contribution < -0.4 is 5.32 Å². The van der Waals surface area contributed by atoms with Gasteiger partial charge in [-0.2, -0.15) is 0 Å². The summed E-state index contributed by atoms with van der Waals surface area (Å²) in [5.74, 6) is -0.328. The van der Waals surface area contributed by atoms with E-state index in [0.29, 0.717) is 18.8 Å². The molecule has 1 aliphatic heterocycles. The van der Waals surface area contributed by atoms with Gasteiger partial charge in [-0.1, -0.05) is 18.2 Å². The average Bonchev–Trinajstić information content (AvgIpc) is 2.73. The standard InChI is InChI=1S/C15H21FN2O2/c1-4-20-9-10(2)18-14(17-11(3)15(18)19)12-7-5-6-8-13(12)16/h5-8,10-11,14,17H,4,9H2,1-3H3. The lowest BCUT2D eigenvalue weighted by atomic mass is 10.1. The molecule has 2 rings (SSSR count). The zero-order valence-corrected chi connectivity index (χ0v) is 12.1. The van der Waals surface area contributed by atoms with E-state index in [4.69, 9.17) is 4.74 Å². The first-order chi connectivity index (χ1) is 9.56. The molecule has 0 saturated carbocycles. The fourth-order valence-corrected chi connectivity index (χ4v) is 2.52. The van der Waals surface area contributed by atoms with Gasteiger partial charge in [-0.15, -0.1) is 0 Å². The maximum Gasteiger partial charge on any atom is 0.241 e. The molecule has 3 unspecified atom stereocenters. The highest BCUT2D eigenvalue weighted by atomic mass is 19.1. The van der Waals surface area contributed by atoms with E-state index in [2.05, 4.69) is 5.32 Å². The monoisotopic (exact) mass is 280 g/mol. The molecule has 3 atom stereocenters. The molecular weight excluding hydrogens is 259 g/mol. The fraction of sp³-hybridized carbons (Fsp3) is 0.533. The van der Waals surface area contributed by atoms with Gasteiger partial charge in [0.2, 0.25) is 5.91 Å². The van der Waals surface area contributed by atoms with Gasteiger partial charge in [0, 0.05) is 12.2 Å². The predicted molar refractivity (Wildman–Crippen MR) is 74.5 cm³/mol. The van der Waals surface area contributed by atoms with Crippen molar-refractivity contribution >= 4 is 5.91 Å². The lowest BCUT2D eigenvalue weighted by Gasteiger charge is -2.30. The first kappa shape index (κ1) is 14.9. The van der Waals surface area contributed by atoms with Gasteiger partial charge in [0.1, 0.15) is 12.0 Å². The van der Waals surface area contributed by atoms with E-state index in [1.54, 1.807) is 30.0 Å². The van der Waals surface area contributed by atoms with Crippen molar-refractivity contribution in [2.24, 2.45) is 0 Å². The second kappa shape index (κ2) is 6.33. The summed E-state index contributed by atoms with van der Waals surface area (Å²) < 4.78 is 19.4. The molecule has 4 nitrogen and oxygen atoms in total. The molecule has 0 aromatic heterocycles. The van der Waals surface area contributed by atoms with Crippen molar-refractivity contribution in [3.8, 4) is 0 Å². The quantitative estimate of drug-likeness (QED) is 0.897. The van der Waals surface area contributed by atoms with Crippen LogP contribution in [0.5, 0.6) is 0 Å². The van der Waals surface area contributed by atoms with E-state index in [9.17, 15) is 9.18 Å². The number of nitrogens with one attached hydrogen (secondary N) is 1. The normalized spacial score (nSPS) is 24.2. The molecular formula is C15H21FN2O2. The number of ether oxygens (including phenoxy) is 1. The molecule has 1 aromatic rings. The minimum atomic E-state index is -0.436. The van der Waals surface area contributed by atoms with Gasteiger partial charge in [-0.05, 0) is 26.8 Å². The van der Waals surface area contributed by atoms with Crippen LogP contribution >= 0.6 is 0 Å². The number of hydrogen-bond acceptors (Lipinski definition) is 3. The molecule has 1 aromatic carbocycles. The number of amides is 1. The predicted octanol–water partition coefficient (Wildman–Crippen LogP) is 2.07. The largest absolute Gasteiger partial charge is 0.380 e. The summed E-state index contributed by atoms with van der Waals surface area (Å²) in [5.41, 5.74) is 0.494.